The highest BCUT2D eigenvalue weighted by atomic mass is 32.2. The predicted molar refractivity (Wildman–Crippen MR) is 112 cm³/mol. The first kappa shape index (κ1) is 17.8. The first-order chi connectivity index (χ1) is 14.3. The minimum atomic E-state index is -0.501. The lowest BCUT2D eigenvalue weighted by atomic mass is 10.1. The second kappa shape index (κ2) is 7.60. The summed E-state index contributed by atoms with van der Waals surface area (Å²) >= 11 is 1.53. The lowest BCUT2D eigenvalue weighted by Gasteiger charge is -2.16. The number of anilines is 1. The topological polar surface area (TPSA) is 73.1 Å². The quantitative estimate of drug-likeness (QED) is 0.468. The fraction of sp³-hybridized carbons (Fsp3) is 0.136. The van der Waals surface area contributed by atoms with E-state index in [2.05, 4.69) is 51.7 Å². The van der Waals surface area contributed by atoms with Crippen LogP contribution in [-0.4, -0.2) is 15.2 Å². The molecule has 1 aliphatic rings. The smallest absolute Gasteiger partial charge is 0.247 e. The van der Waals surface area contributed by atoms with Gasteiger partial charge in [-0.25, -0.2) is 0 Å². The van der Waals surface area contributed by atoms with Gasteiger partial charge in [0.05, 0.1) is 6.26 Å². The van der Waals surface area contributed by atoms with Crippen LogP contribution >= 0.6 is 11.8 Å². The van der Waals surface area contributed by atoms with Gasteiger partial charge >= 0.3 is 0 Å². The Morgan fingerprint density at radius 3 is 2.69 bits per heavy atom. The Morgan fingerprint density at radius 1 is 1.00 bits per heavy atom. The van der Waals surface area contributed by atoms with Crippen LogP contribution in [0.3, 0.4) is 0 Å². The van der Waals surface area contributed by atoms with Gasteiger partial charge in [-0.2, -0.15) is 4.98 Å². The van der Waals surface area contributed by atoms with Crippen molar-refractivity contribution in [3.05, 3.63) is 83.8 Å². The van der Waals surface area contributed by atoms with Gasteiger partial charge < -0.3 is 14.5 Å². The van der Waals surface area contributed by atoms with Crippen molar-refractivity contribution in [2.75, 3.05) is 5.32 Å². The molecule has 2 aromatic carbocycles. The number of nitrogens with one attached hydrogen (secondary N) is 1. The molecule has 0 saturated carbocycles. The average Bonchev–Trinajstić information content (AvgIpc) is 3.23. The zero-order valence-corrected chi connectivity index (χ0v) is 16.5. The van der Waals surface area contributed by atoms with Gasteiger partial charge in [0, 0.05) is 17.0 Å². The van der Waals surface area contributed by atoms with Gasteiger partial charge in [-0.1, -0.05) is 59.8 Å². The second-order valence-electron chi connectivity index (χ2n) is 6.73. The molecule has 1 aliphatic heterocycles. The van der Waals surface area contributed by atoms with Gasteiger partial charge in [0.15, 0.2) is 11.5 Å². The Bertz CT molecular complexity index is 1130. The molecule has 7 heteroatoms. The number of rotatable bonds is 4. The van der Waals surface area contributed by atoms with Gasteiger partial charge in [-0.15, -0.1) is 10.2 Å². The standard InChI is InChI=1S/C22H18N4O2S/c1-14-8-10-15(11-9-14)13-29-22-24-21-19(25-26-22)16-5-2-3-6-17(16)23-20(28-21)18-7-4-12-27-18/h2-12,20,23H,13H2,1H3. The summed E-state index contributed by atoms with van der Waals surface area (Å²) in [5.41, 5.74) is 4.85. The SMILES string of the molecule is Cc1ccc(CSc2nnc3c(n2)OC(c2ccco2)Nc2ccccc2-3)cc1. The summed E-state index contributed by atoms with van der Waals surface area (Å²) < 4.78 is 11.7. The summed E-state index contributed by atoms with van der Waals surface area (Å²) in [4.78, 5) is 4.65. The van der Waals surface area contributed by atoms with Gasteiger partial charge in [0.25, 0.3) is 0 Å². The van der Waals surface area contributed by atoms with Crippen molar-refractivity contribution < 1.29 is 9.15 Å². The van der Waals surface area contributed by atoms with E-state index in [4.69, 9.17) is 9.15 Å². The molecule has 1 N–H and O–H groups in total. The number of benzene rings is 2. The molecule has 2 aromatic heterocycles. The number of aryl methyl sites for hydroxylation is 1. The molecule has 4 aromatic rings. The molecule has 6 nitrogen and oxygen atoms in total. The molecule has 0 bridgehead atoms. The molecule has 0 radical (unpaired) electrons. The highest BCUT2D eigenvalue weighted by Crippen LogP contribution is 2.39. The Balaban J connectivity index is 1.47. The van der Waals surface area contributed by atoms with Crippen molar-refractivity contribution in [2.45, 2.75) is 24.1 Å². The Kier molecular flexibility index (Phi) is 4.65. The van der Waals surface area contributed by atoms with Crippen LogP contribution in [0.5, 0.6) is 5.88 Å². The lowest BCUT2D eigenvalue weighted by Crippen LogP contribution is -2.16. The molecule has 5 rings (SSSR count). The highest BCUT2D eigenvalue weighted by molar-refractivity contribution is 7.98. The van der Waals surface area contributed by atoms with E-state index in [1.807, 2.05) is 36.4 Å². The van der Waals surface area contributed by atoms with Gasteiger partial charge in [0.1, 0.15) is 0 Å². The maximum atomic E-state index is 6.16. The van der Waals surface area contributed by atoms with Crippen molar-refractivity contribution >= 4 is 17.4 Å². The van der Waals surface area contributed by atoms with Crippen LogP contribution in [0.15, 0.2) is 76.5 Å². The van der Waals surface area contributed by atoms with Crippen molar-refractivity contribution in [3.63, 3.8) is 0 Å². The summed E-state index contributed by atoms with van der Waals surface area (Å²) in [6.45, 7) is 2.08. The van der Waals surface area contributed by atoms with Crippen molar-refractivity contribution in [1.82, 2.24) is 15.2 Å². The van der Waals surface area contributed by atoms with Crippen molar-refractivity contribution in [2.24, 2.45) is 0 Å². The molecule has 3 heterocycles. The molecular formula is C22H18N4O2S. The molecule has 0 spiro atoms. The van der Waals surface area contributed by atoms with E-state index in [1.165, 1.54) is 22.9 Å². The third-order valence-electron chi connectivity index (χ3n) is 4.62. The van der Waals surface area contributed by atoms with E-state index >= 15 is 0 Å². The average molecular weight is 402 g/mol. The highest BCUT2D eigenvalue weighted by Gasteiger charge is 2.27. The Morgan fingerprint density at radius 2 is 1.86 bits per heavy atom. The Labute approximate surface area is 172 Å². The second-order valence-corrected chi connectivity index (χ2v) is 7.67. The van der Waals surface area contributed by atoms with Gasteiger partial charge in [-0.05, 0) is 30.7 Å². The van der Waals surface area contributed by atoms with Crippen molar-refractivity contribution in [3.8, 4) is 17.1 Å². The van der Waals surface area contributed by atoms with Crippen LogP contribution < -0.4 is 10.1 Å². The summed E-state index contributed by atoms with van der Waals surface area (Å²) in [6.07, 6.45) is 1.12. The van der Waals surface area contributed by atoms with E-state index < -0.39 is 6.23 Å². The fourth-order valence-electron chi connectivity index (χ4n) is 3.11. The largest absolute Gasteiger partial charge is 0.463 e. The molecule has 1 unspecified atom stereocenters. The number of nitrogens with zero attached hydrogens (tertiary/aromatic N) is 3. The molecule has 0 amide bonds. The van der Waals surface area contributed by atoms with Crippen LogP contribution in [0, 0.1) is 6.92 Å². The van der Waals surface area contributed by atoms with E-state index in [-0.39, 0.29) is 0 Å². The molecule has 29 heavy (non-hydrogen) atoms. The van der Waals surface area contributed by atoms with Crippen LogP contribution in [0.25, 0.3) is 11.3 Å². The first-order valence-corrected chi connectivity index (χ1v) is 10.2. The minimum Gasteiger partial charge on any atom is -0.463 e. The van der Waals surface area contributed by atoms with E-state index in [0.717, 1.165) is 17.0 Å². The third-order valence-corrected chi connectivity index (χ3v) is 5.53. The lowest BCUT2D eigenvalue weighted by molar-refractivity contribution is 0.195. The third kappa shape index (κ3) is 3.69. The number of hydrogen-bond acceptors (Lipinski definition) is 7. The normalized spacial score (nSPS) is 14.9. The Hall–Kier alpha value is -3.32. The molecule has 144 valence electrons. The van der Waals surface area contributed by atoms with E-state index in [1.54, 1.807) is 6.26 Å². The van der Waals surface area contributed by atoms with Gasteiger partial charge in [0.2, 0.25) is 17.3 Å². The number of ether oxygens (including phenoxy) is 1. The number of aromatic nitrogens is 3. The monoisotopic (exact) mass is 402 g/mol. The number of hydrogen-bond donors (Lipinski definition) is 1. The van der Waals surface area contributed by atoms with Gasteiger partial charge in [-0.3, -0.25) is 0 Å². The minimum absolute atomic E-state index is 0.435. The number of fused-ring (bicyclic) bond motifs is 3. The molecule has 0 aliphatic carbocycles. The summed E-state index contributed by atoms with van der Waals surface area (Å²) in [5.74, 6) is 1.86. The predicted octanol–water partition coefficient (Wildman–Crippen LogP) is 5.24. The summed E-state index contributed by atoms with van der Waals surface area (Å²) in [7, 11) is 0. The van der Waals surface area contributed by atoms with Crippen molar-refractivity contribution in [1.29, 1.82) is 0 Å². The number of furan rings is 1. The molecule has 0 fully saturated rings. The molecule has 0 saturated heterocycles. The number of thioether (sulfide) groups is 1. The van der Waals surface area contributed by atoms with E-state index in [9.17, 15) is 0 Å². The zero-order chi connectivity index (χ0) is 19.6. The molecule has 1 atom stereocenters. The van der Waals surface area contributed by atoms with Crippen LogP contribution in [0.1, 0.15) is 23.1 Å². The first-order valence-electron chi connectivity index (χ1n) is 9.25. The zero-order valence-electron chi connectivity index (χ0n) is 15.7. The van der Waals surface area contributed by atoms with Crippen LogP contribution in [0.2, 0.25) is 0 Å². The van der Waals surface area contributed by atoms with Crippen LogP contribution in [0.4, 0.5) is 5.69 Å². The maximum Gasteiger partial charge on any atom is 0.247 e. The summed E-state index contributed by atoms with van der Waals surface area (Å²) in [6, 6.07) is 20.0. The summed E-state index contributed by atoms with van der Waals surface area (Å²) in [5, 5.41) is 12.7. The fourth-order valence-corrected chi connectivity index (χ4v) is 3.84. The number of para-hydroxylation sites is 1. The van der Waals surface area contributed by atoms with Crippen LogP contribution in [-0.2, 0) is 5.75 Å². The van der Waals surface area contributed by atoms with E-state index in [0.29, 0.717) is 22.5 Å². The maximum absolute atomic E-state index is 6.16. The molecular weight excluding hydrogens is 384 g/mol.